The van der Waals surface area contributed by atoms with Crippen molar-refractivity contribution in [3.05, 3.63) is 65.8 Å². The van der Waals surface area contributed by atoms with Crippen molar-refractivity contribution >= 4 is 34.9 Å². The number of rotatable bonds is 7. The molecule has 2 N–H and O–H groups in total. The average Bonchev–Trinajstić information content (AvgIpc) is 3.38. The summed E-state index contributed by atoms with van der Waals surface area (Å²) >= 11 is 0. The summed E-state index contributed by atoms with van der Waals surface area (Å²) in [4.78, 5) is 79.9. The number of benzene rings is 1. The van der Waals surface area contributed by atoms with Crippen LogP contribution in [0.1, 0.15) is 132 Å². The number of carbonyl (C=O) groups is 5. The third-order valence-corrected chi connectivity index (χ3v) is 16.8. The number of hydroxylamine groups is 1. The fourth-order valence-corrected chi connectivity index (χ4v) is 12.0. The third kappa shape index (κ3) is 14.0. The number of ether oxygens (including phenoxy) is 5. The first-order chi connectivity index (χ1) is 34.7. The molecular weight excluding hydrogens is 933 g/mol. The zero-order chi connectivity index (χ0) is 53.3. The van der Waals surface area contributed by atoms with Crippen molar-refractivity contribution in [3.63, 3.8) is 0 Å². The first-order valence-corrected chi connectivity index (χ1v) is 27.1. The molecule has 1 aromatic carbocycles. The predicted octanol–water partition coefficient (Wildman–Crippen LogP) is 8.09. The minimum atomic E-state index is -2.46. The fourth-order valence-electron chi connectivity index (χ4n) is 12.0. The van der Waals surface area contributed by atoms with Crippen molar-refractivity contribution in [2.75, 3.05) is 32.9 Å². The largest absolute Gasteiger partial charge is 0.460 e. The molecule has 1 amide bonds. The molecule has 15 heteroatoms. The molecule has 0 spiro atoms. The van der Waals surface area contributed by atoms with E-state index >= 15 is 0 Å². The van der Waals surface area contributed by atoms with E-state index in [1.54, 1.807) is 41.1 Å². The highest BCUT2D eigenvalue weighted by Gasteiger charge is 2.53. The first kappa shape index (κ1) is 58.2. The standard InChI is InChI=1S/C58H86N2O13/c1-34-20-22-42(31-49(34)68-9)29-37(4)51-33-48(61)36(3)28-40(7)53(63)54(70-11)52(62)39(6)27-35(2)46-25-24-45(73-60(46)43-17-13-12-14-18-43)30-38(5)50(69-10)32-44-23-21-41(8)58(67,72-44)55(64)56(65)59-26-16-15-19-47(59)57(66)71-51/h12-14,17-18,24-25,28,30,34-37,39,41-42,44-47,49-51,53-54,63,67H,15-16,19-23,26-27,29,31-33H2,1-11H3/b38-30?,40-28-/t34-,35+,36-,37-,39-,41-,42+,44+,45-,46+,47+,49-,50+,51+,53-,54+,58-/m1/s1. The number of hydrogen-bond donors (Lipinski definition) is 2. The zero-order valence-electron chi connectivity index (χ0n) is 45.4. The average molecular weight is 1020 g/mol. The minimum absolute atomic E-state index is 0.0900. The van der Waals surface area contributed by atoms with Crippen LogP contribution in [0, 0.1) is 41.4 Å². The molecule has 406 valence electrons. The van der Waals surface area contributed by atoms with Crippen LogP contribution >= 0.6 is 0 Å². The first-order valence-electron chi connectivity index (χ1n) is 27.1. The number of nitrogens with zero attached hydrogens (tertiary/aromatic N) is 2. The number of piperidine rings is 1. The van der Waals surface area contributed by atoms with Gasteiger partial charge < -0.3 is 38.8 Å². The number of aliphatic hydroxyl groups excluding tert-OH is 1. The van der Waals surface area contributed by atoms with Crippen LogP contribution in [0.2, 0.25) is 0 Å². The van der Waals surface area contributed by atoms with E-state index in [0.717, 1.165) is 30.5 Å². The second-order valence-electron chi connectivity index (χ2n) is 22.3. The van der Waals surface area contributed by atoms with E-state index in [1.807, 2.05) is 68.3 Å². The van der Waals surface area contributed by atoms with Crippen LogP contribution in [0.5, 0.6) is 0 Å². The highest BCUT2D eigenvalue weighted by Crippen LogP contribution is 2.39. The molecule has 5 aliphatic heterocycles. The van der Waals surface area contributed by atoms with E-state index in [-0.39, 0.29) is 67.3 Å². The number of ketones is 3. The molecule has 1 aliphatic carbocycles. The molecule has 0 aromatic heterocycles. The van der Waals surface area contributed by atoms with Gasteiger partial charge in [0.15, 0.2) is 5.78 Å². The molecule has 3 fully saturated rings. The van der Waals surface area contributed by atoms with Crippen molar-refractivity contribution in [2.45, 2.75) is 193 Å². The van der Waals surface area contributed by atoms with Crippen molar-refractivity contribution in [1.29, 1.82) is 0 Å². The lowest BCUT2D eigenvalue weighted by Crippen LogP contribution is -2.61. The summed E-state index contributed by atoms with van der Waals surface area (Å²) in [6, 6.07) is 8.32. The molecule has 1 saturated carbocycles. The van der Waals surface area contributed by atoms with Crippen molar-refractivity contribution in [3.8, 4) is 0 Å². The van der Waals surface area contributed by atoms with E-state index in [9.17, 15) is 34.2 Å². The van der Waals surface area contributed by atoms with Crippen LogP contribution in [-0.2, 0) is 52.5 Å². The van der Waals surface area contributed by atoms with E-state index in [0.29, 0.717) is 50.0 Å². The van der Waals surface area contributed by atoms with Crippen LogP contribution in [-0.4, -0.2) is 133 Å². The number of para-hydroxylation sites is 1. The normalized spacial score (nSPS) is 38.5. The van der Waals surface area contributed by atoms with Crippen LogP contribution in [0.4, 0.5) is 5.69 Å². The monoisotopic (exact) mass is 1020 g/mol. The number of carbonyl (C=O) groups excluding carboxylic acids is 5. The number of allylic oxidation sites excluding steroid dienone is 1. The number of amides is 1. The van der Waals surface area contributed by atoms with Crippen LogP contribution in [0.3, 0.4) is 0 Å². The molecule has 4 bridgehead atoms. The molecule has 0 radical (unpaired) electrons. The van der Waals surface area contributed by atoms with E-state index in [2.05, 4.69) is 19.9 Å². The van der Waals surface area contributed by atoms with Gasteiger partial charge in [-0.25, -0.2) is 9.86 Å². The van der Waals surface area contributed by atoms with E-state index in [1.165, 1.54) is 12.0 Å². The number of hydrogen-bond acceptors (Lipinski definition) is 14. The van der Waals surface area contributed by atoms with Gasteiger partial charge in [-0.2, -0.15) is 0 Å². The summed E-state index contributed by atoms with van der Waals surface area (Å²) in [6.07, 6.45) is 8.93. The Hall–Kier alpha value is -4.09. The Bertz CT molecular complexity index is 2140. The van der Waals surface area contributed by atoms with Crippen LogP contribution in [0.25, 0.3) is 0 Å². The van der Waals surface area contributed by atoms with Gasteiger partial charge in [0.25, 0.3) is 11.7 Å². The lowest BCUT2D eigenvalue weighted by Gasteiger charge is -2.43. The van der Waals surface area contributed by atoms with Gasteiger partial charge >= 0.3 is 5.97 Å². The molecule has 1 aromatic rings. The second kappa shape index (κ2) is 26.1. The molecule has 17 atom stereocenters. The van der Waals surface area contributed by atoms with Crippen LogP contribution < -0.4 is 5.06 Å². The number of anilines is 1. The van der Waals surface area contributed by atoms with E-state index in [4.69, 9.17) is 28.5 Å². The van der Waals surface area contributed by atoms with Crippen molar-refractivity contribution in [1.82, 2.24) is 4.90 Å². The summed E-state index contributed by atoms with van der Waals surface area (Å²) < 4.78 is 30.2. The quantitative estimate of drug-likeness (QED) is 0.152. The van der Waals surface area contributed by atoms with Gasteiger partial charge in [0.05, 0.1) is 30.0 Å². The summed E-state index contributed by atoms with van der Waals surface area (Å²) in [7, 11) is 4.71. The number of esters is 1. The summed E-state index contributed by atoms with van der Waals surface area (Å²) in [5.41, 5.74) is 2.04. The molecule has 7 rings (SSSR count). The van der Waals surface area contributed by atoms with Gasteiger partial charge in [0.2, 0.25) is 5.79 Å². The predicted molar refractivity (Wildman–Crippen MR) is 277 cm³/mol. The molecule has 0 unspecified atom stereocenters. The zero-order valence-corrected chi connectivity index (χ0v) is 45.4. The molecule has 6 aliphatic rings. The SMILES string of the molecule is CO[C@H]1C[C@@H]2CC[C@@H](C)[C@@](O)(O2)C(=O)C(=O)N2CCCC[C@H]2C(=O)O[C@H]([C@H](C)C[C@@H]2CC[C@@H](C)[C@H](OC)C2)CC(=O)[C@H](C)/C=C(/C)[C@@H](O)[C@@H](OC)C(=O)[C@H](C)C[C@H](C)[C@@H]2C=C[C@H](C=C1C)ON2c1ccccc1. The molecule has 73 heavy (non-hydrogen) atoms. The molecular formula is C58H86N2O13. The lowest BCUT2D eigenvalue weighted by molar-refractivity contribution is -0.265. The Morgan fingerprint density at radius 3 is 2.22 bits per heavy atom. The van der Waals surface area contributed by atoms with Gasteiger partial charge in [-0.1, -0.05) is 78.0 Å². The number of fused-ring (bicyclic) bond motifs is 16. The van der Waals surface area contributed by atoms with Crippen LogP contribution in [0.15, 0.2) is 65.8 Å². The third-order valence-electron chi connectivity index (χ3n) is 16.8. The van der Waals surface area contributed by atoms with Gasteiger partial charge in [0.1, 0.15) is 36.2 Å². The Morgan fingerprint density at radius 2 is 1.53 bits per heavy atom. The Kier molecular flexibility index (Phi) is 20.8. The van der Waals surface area contributed by atoms with Gasteiger partial charge in [-0.05, 0) is 131 Å². The Labute approximate surface area is 434 Å². The smallest absolute Gasteiger partial charge is 0.329 e. The maximum absolute atomic E-state index is 14.5. The summed E-state index contributed by atoms with van der Waals surface area (Å²) in [5, 5.41) is 25.7. The second-order valence-corrected chi connectivity index (χ2v) is 22.3. The van der Waals surface area contributed by atoms with Gasteiger partial charge in [-0.15, -0.1) is 0 Å². The highest BCUT2D eigenvalue weighted by molar-refractivity contribution is 6.39. The Morgan fingerprint density at radius 1 is 0.808 bits per heavy atom. The fraction of sp³-hybridized carbons (Fsp3) is 0.707. The van der Waals surface area contributed by atoms with E-state index < -0.39 is 83.9 Å². The molecule has 15 nitrogen and oxygen atoms in total. The number of methoxy groups -OCH3 is 3. The topological polar surface area (TPSA) is 188 Å². The van der Waals surface area contributed by atoms with Crippen molar-refractivity contribution < 1.29 is 62.7 Å². The highest BCUT2D eigenvalue weighted by atomic mass is 16.7. The minimum Gasteiger partial charge on any atom is -0.460 e. The maximum Gasteiger partial charge on any atom is 0.329 e. The number of aliphatic hydroxyl groups is 2. The lowest BCUT2D eigenvalue weighted by atomic mass is 9.76. The maximum atomic E-state index is 14.5. The number of Topliss-reactive ketones (excluding diaryl/α,β-unsaturated/α-hetero) is 3. The Balaban J connectivity index is 1.35. The van der Waals surface area contributed by atoms with Gasteiger partial charge in [-0.3, -0.25) is 24.0 Å². The summed E-state index contributed by atoms with van der Waals surface area (Å²) in [6.45, 7) is 15.2. The van der Waals surface area contributed by atoms with Gasteiger partial charge in [0, 0.05) is 58.5 Å². The molecule has 5 heterocycles. The molecule has 2 saturated heterocycles. The summed E-state index contributed by atoms with van der Waals surface area (Å²) in [5.74, 6) is -7.54. The van der Waals surface area contributed by atoms with Crippen molar-refractivity contribution in [2.24, 2.45) is 41.4 Å².